The number of urea groups is 1. The van der Waals surface area contributed by atoms with Crippen molar-refractivity contribution < 1.29 is 14.7 Å². The molecule has 0 saturated carbocycles. The van der Waals surface area contributed by atoms with Crippen molar-refractivity contribution in [2.45, 2.75) is 46.5 Å². The highest BCUT2D eigenvalue weighted by Gasteiger charge is 2.00. The molecule has 0 rings (SSSR count). The van der Waals surface area contributed by atoms with Crippen molar-refractivity contribution in [1.82, 2.24) is 10.6 Å². The van der Waals surface area contributed by atoms with Crippen LogP contribution in [-0.2, 0) is 4.79 Å². The number of carboxylic acid groups (broad SMARTS) is 1. The van der Waals surface area contributed by atoms with Crippen LogP contribution in [0.25, 0.3) is 0 Å². The van der Waals surface area contributed by atoms with Crippen LogP contribution in [0.5, 0.6) is 0 Å². The summed E-state index contributed by atoms with van der Waals surface area (Å²) in [5.74, 6) is -0.351. The van der Waals surface area contributed by atoms with E-state index < -0.39 is 5.97 Å². The average molecular weight is 256 g/mol. The van der Waals surface area contributed by atoms with E-state index in [-0.39, 0.29) is 12.5 Å². The summed E-state index contributed by atoms with van der Waals surface area (Å²) in [6.45, 7) is 6.67. The predicted octanol–water partition coefficient (Wildman–Crippen LogP) is 2.49. The molecule has 0 spiro atoms. The molecule has 18 heavy (non-hydrogen) atoms. The maximum atomic E-state index is 11.4. The zero-order valence-electron chi connectivity index (χ0n) is 11.5. The Morgan fingerprint density at radius 1 is 1.22 bits per heavy atom. The summed E-state index contributed by atoms with van der Waals surface area (Å²) in [6.07, 6.45) is 4.18. The maximum absolute atomic E-state index is 11.4. The summed E-state index contributed by atoms with van der Waals surface area (Å²) in [7, 11) is 0. The summed E-state index contributed by atoms with van der Waals surface area (Å²) in [4.78, 5) is 21.6. The van der Waals surface area contributed by atoms with Crippen molar-refractivity contribution in [3.8, 4) is 0 Å². The van der Waals surface area contributed by atoms with E-state index in [1.807, 2.05) is 6.92 Å². The van der Waals surface area contributed by atoms with Crippen LogP contribution >= 0.6 is 0 Å². The van der Waals surface area contributed by atoms with Gasteiger partial charge in [-0.3, -0.25) is 4.79 Å². The molecule has 2 amide bonds. The molecule has 0 aliphatic heterocycles. The first-order valence-corrected chi connectivity index (χ1v) is 6.36. The van der Waals surface area contributed by atoms with E-state index in [0.29, 0.717) is 18.9 Å². The van der Waals surface area contributed by atoms with Gasteiger partial charge in [0.2, 0.25) is 0 Å². The molecule has 0 saturated heterocycles. The van der Waals surface area contributed by atoms with E-state index in [1.165, 1.54) is 0 Å². The summed E-state index contributed by atoms with van der Waals surface area (Å²) < 4.78 is 0. The lowest BCUT2D eigenvalue weighted by Gasteiger charge is -2.07. The molecule has 0 aliphatic carbocycles. The van der Waals surface area contributed by atoms with Crippen LogP contribution in [0.4, 0.5) is 4.79 Å². The van der Waals surface area contributed by atoms with Gasteiger partial charge >= 0.3 is 12.0 Å². The Balaban J connectivity index is 3.54. The standard InChI is InChI=1S/C13H24N2O3/c1-10(2)11(3)9-15-13(18)14-8-6-4-5-7-12(16)17/h9-10H,4-8H2,1-3H3,(H,16,17)(H2,14,15,18)/b11-9+. The van der Waals surface area contributed by atoms with Gasteiger partial charge in [-0.1, -0.05) is 25.8 Å². The average Bonchev–Trinajstić information content (AvgIpc) is 2.29. The number of hydrogen-bond donors (Lipinski definition) is 3. The maximum Gasteiger partial charge on any atom is 0.318 e. The Kier molecular flexibility index (Phi) is 8.70. The first kappa shape index (κ1) is 16.5. The van der Waals surface area contributed by atoms with Crippen LogP contribution in [0.2, 0.25) is 0 Å². The number of allylic oxidation sites excluding steroid dienone is 1. The summed E-state index contributed by atoms with van der Waals surface area (Å²) in [5.41, 5.74) is 1.12. The highest BCUT2D eigenvalue weighted by atomic mass is 16.4. The van der Waals surface area contributed by atoms with Crippen molar-refractivity contribution in [3.63, 3.8) is 0 Å². The van der Waals surface area contributed by atoms with Crippen molar-refractivity contribution in [2.75, 3.05) is 6.54 Å². The Morgan fingerprint density at radius 2 is 1.89 bits per heavy atom. The molecular formula is C13H24N2O3. The molecule has 3 N–H and O–H groups in total. The van der Waals surface area contributed by atoms with Crippen LogP contribution in [0.3, 0.4) is 0 Å². The fraction of sp³-hybridized carbons (Fsp3) is 0.692. The van der Waals surface area contributed by atoms with Gasteiger partial charge in [-0.15, -0.1) is 0 Å². The minimum absolute atomic E-state index is 0.197. The lowest BCUT2D eigenvalue weighted by Crippen LogP contribution is -2.33. The van der Waals surface area contributed by atoms with Gasteiger partial charge in [0.1, 0.15) is 0 Å². The third-order valence-corrected chi connectivity index (χ3v) is 2.69. The molecule has 5 nitrogen and oxygen atoms in total. The summed E-state index contributed by atoms with van der Waals surface area (Å²) >= 11 is 0. The second kappa shape index (κ2) is 9.50. The quantitative estimate of drug-likeness (QED) is 0.584. The van der Waals surface area contributed by atoms with Crippen LogP contribution in [0.1, 0.15) is 46.5 Å². The highest BCUT2D eigenvalue weighted by Crippen LogP contribution is 2.05. The van der Waals surface area contributed by atoms with E-state index in [9.17, 15) is 9.59 Å². The van der Waals surface area contributed by atoms with Crippen LogP contribution in [0.15, 0.2) is 11.8 Å². The SMILES string of the molecule is C/C(=C\NC(=O)NCCCCCC(=O)O)C(C)C. The third kappa shape index (κ3) is 9.69. The molecule has 0 aromatic carbocycles. The molecule has 5 heteroatoms. The molecule has 104 valence electrons. The number of nitrogens with one attached hydrogen (secondary N) is 2. The number of carboxylic acids is 1. The molecule has 0 aromatic heterocycles. The van der Waals surface area contributed by atoms with Gasteiger partial charge in [0.15, 0.2) is 0 Å². The topological polar surface area (TPSA) is 78.4 Å². The van der Waals surface area contributed by atoms with E-state index in [1.54, 1.807) is 6.20 Å². The Labute approximate surface area is 109 Å². The molecule has 0 bridgehead atoms. The molecule has 0 unspecified atom stereocenters. The van der Waals surface area contributed by atoms with E-state index in [2.05, 4.69) is 24.5 Å². The third-order valence-electron chi connectivity index (χ3n) is 2.69. The largest absolute Gasteiger partial charge is 0.481 e. The lowest BCUT2D eigenvalue weighted by molar-refractivity contribution is -0.137. The second-order valence-electron chi connectivity index (χ2n) is 4.65. The zero-order chi connectivity index (χ0) is 14.0. The number of unbranched alkanes of at least 4 members (excludes halogenated alkanes) is 2. The number of carbonyl (C=O) groups is 2. The van der Waals surface area contributed by atoms with Gasteiger partial charge in [-0.2, -0.15) is 0 Å². The lowest BCUT2D eigenvalue weighted by atomic mass is 10.1. The van der Waals surface area contributed by atoms with Crippen molar-refractivity contribution in [1.29, 1.82) is 0 Å². The molecule has 0 aromatic rings. The van der Waals surface area contributed by atoms with E-state index >= 15 is 0 Å². The molecular weight excluding hydrogens is 232 g/mol. The fourth-order valence-electron chi connectivity index (χ4n) is 1.18. The summed E-state index contributed by atoms with van der Waals surface area (Å²) in [6, 6.07) is -0.215. The highest BCUT2D eigenvalue weighted by molar-refractivity contribution is 5.74. The monoisotopic (exact) mass is 256 g/mol. The van der Waals surface area contributed by atoms with Gasteiger partial charge in [0, 0.05) is 19.2 Å². The first-order chi connectivity index (χ1) is 8.43. The minimum atomic E-state index is -0.769. The van der Waals surface area contributed by atoms with Gasteiger partial charge in [0.05, 0.1) is 0 Å². The zero-order valence-corrected chi connectivity index (χ0v) is 11.5. The van der Waals surface area contributed by atoms with Crippen LogP contribution in [0, 0.1) is 5.92 Å². The van der Waals surface area contributed by atoms with Gasteiger partial charge in [0.25, 0.3) is 0 Å². The first-order valence-electron chi connectivity index (χ1n) is 6.36. The number of amides is 2. The van der Waals surface area contributed by atoms with Crippen LogP contribution < -0.4 is 10.6 Å². The Hall–Kier alpha value is -1.52. The van der Waals surface area contributed by atoms with Gasteiger partial charge < -0.3 is 15.7 Å². The fourth-order valence-corrected chi connectivity index (χ4v) is 1.18. The van der Waals surface area contributed by atoms with Crippen LogP contribution in [-0.4, -0.2) is 23.7 Å². The molecule has 0 fully saturated rings. The summed E-state index contributed by atoms with van der Waals surface area (Å²) in [5, 5.41) is 13.8. The Bertz CT molecular complexity index is 299. The number of aliphatic carboxylic acids is 1. The van der Waals surface area contributed by atoms with Crippen molar-refractivity contribution in [2.24, 2.45) is 5.92 Å². The number of carbonyl (C=O) groups excluding carboxylic acids is 1. The number of hydrogen-bond acceptors (Lipinski definition) is 2. The smallest absolute Gasteiger partial charge is 0.318 e. The predicted molar refractivity (Wildman–Crippen MR) is 71.2 cm³/mol. The molecule has 0 heterocycles. The Morgan fingerprint density at radius 3 is 2.44 bits per heavy atom. The van der Waals surface area contributed by atoms with E-state index in [4.69, 9.17) is 5.11 Å². The van der Waals surface area contributed by atoms with E-state index in [0.717, 1.165) is 18.4 Å². The van der Waals surface area contributed by atoms with Crippen molar-refractivity contribution >= 4 is 12.0 Å². The molecule has 0 aliphatic rings. The number of rotatable bonds is 8. The van der Waals surface area contributed by atoms with Gasteiger partial charge in [-0.05, 0) is 25.7 Å². The second-order valence-corrected chi connectivity index (χ2v) is 4.65. The normalized spacial score (nSPS) is 11.4. The van der Waals surface area contributed by atoms with Crippen molar-refractivity contribution in [3.05, 3.63) is 11.8 Å². The minimum Gasteiger partial charge on any atom is -0.481 e. The van der Waals surface area contributed by atoms with Gasteiger partial charge in [-0.25, -0.2) is 4.79 Å². The molecule has 0 atom stereocenters. The molecule has 0 radical (unpaired) electrons.